The number of hydrogen-bond acceptors (Lipinski definition) is 7. The summed E-state index contributed by atoms with van der Waals surface area (Å²) in [6.45, 7) is 13.5. The molecule has 1 amide bonds. The number of ketones is 1. The number of carbonyl (C=O) groups is 5. The smallest absolute Gasteiger partial charge is 0.330 e. The Kier molecular flexibility index (Phi) is 9.64. The Balaban J connectivity index is 1.36. The molecule has 0 radical (unpaired) electrons. The highest BCUT2D eigenvalue weighted by molar-refractivity contribution is 6.03. The fraction of sp³-hybridized carbons (Fsp3) is 0.605. The number of benzene rings is 1. The van der Waals surface area contributed by atoms with Gasteiger partial charge < -0.3 is 25.4 Å². The van der Waals surface area contributed by atoms with E-state index in [2.05, 4.69) is 52.9 Å². The zero-order valence-electron chi connectivity index (χ0n) is 31.9. The zero-order chi connectivity index (χ0) is 38.8. The molecule has 0 aromatic heterocycles. The minimum absolute atomic E-state index is 0.0418. The largest absolute Gasteiger partial charge is 0.508 e. The predicted molar refractivity (Wildman–Crippen MR) is 200 cm³/mol. The summed E-state index contributed by atoms with van der Waals surface area (Å²) < 4.78 is 6.25. The van der Waals surface area contributed by atoms with Crippen LogP contribution in [0.15, 0.2) is 48.1 Å². The van der Waals surface area contributed by atoms with Crippen molar-refractivity contribution in [1.82, 2.24) is 0 Å². The zero-order valence-corrected chi connectivity index (χ0v) is 31.9. The first-order chi connectivity index (χ1) is 24.7. The van der Waals surface area contributed by atoms with E-state index in [1.807, 2.05) is 0 Å². The second kappa shape index (κ2) is 13.3. The molecule has 0 bridgehead atoms. The van der Waals surface area contributed by atoms with Gasteiger partial charge in [0.1, 0.15) is 18.1 Å². The number of ether oxygens (including phenoxy) is 1. The second-order valence-corrected chi connectivity index (χ2v) is 18.4. The summed E-state index contributed by atoms with van der Waals surface area (Å²) in [6, 6.07) is 4.19. The lowest BCUT2D eigenvalue weighted by molar-refractivity contribution is -0.202. The van der Waals surface area contributed by atoms with Crippen LogP contribution in [0.3, 0.4) is 0 Å². The van der Waals surface area contributed by atoms with Crippen LogP contribution in [0.5, 0.6) is 5.75 Å². The first-order valence-corrected chi connectivity index (χ1v) is 19.1. The summed E-state index contributed by atoms with van der Waals surface area (Å²) in [6.07, 6.45) is 13.8. The molecule has 2 unspecified atom stereocenters. The van der Waals surface area contributed by atoms with Gasteiger partial charge in [-0.1, -0.05) is 53.2 Å². The van der Waals surface area contributed by atoms with Gasteiger partial charge >= 0.3 is 17.9 Å². The molecule has 1 aromatic rings. The maximum Gasteiger partial charge on any atom is 0.330 e. The number of phenols is 1. The Hall–Kier alpha value is -4.21. The molecule has 4 fully saturated rings. The summed E-state index contributed by atoms with van der Waals surface area (Å²) in [7, 11) is 0. The van der Waals surface area contributed by atoms with Crippen molar-refractivity contribution in [2.75, 3.05) is 11.9 Å². The molecule has 0 saturated heterocycles. The molecule has 5 aliphatic carbocycles. The molecule has 286 valence electrons. The van der Waals surface area contributed by atoms with Crippen molar-refractivity contribution in [3.8, 4) is 5.75 Å². The van der Waals surface area contributed by atoms with E-state index in [1.165, 1.54) is 30.4 Å². The van der Waals surface area contributed by atoms with Crippen molar-refractivity contribution in [3.05, 3.63) is 53.6 Å². The van der Waals surface area contributed by atoms with Crippen LogP contribution in [0, 0.1) is 50.2 Å². The number of amides is 1. The number of phenolic OH excluding ortho intramolecular Hbond substituents is 1. The number of nitrogens with one attached hydrogen (secondary N) is 1. The summed E-state index contributed by atoms with van der Waals surface area (Å²) in [5.74, 6) is -2.84. The monoisotopic (exact) mass is 729 g/mol. The van der Waals surface area contributed by atoms with Crippen LogP contribution in [0.1, 0.15) is 111 Å². The van der Waals surface area contributed by atoms with E-state index >= 15 is 0 Å². The van der Waals surface area contributed by atoms with Crippen LogP contribution in [-0.2, 0) is 28.7 Å². The van der Waals surface area contributed by atoms with Crippen LogP contribution in [-0.4, -0.2) is 51.5 Å². The molecular weight excluding hydrogens is 674 g/mol. The number of aromatic hydroxyl groups is 1. The Morgan fingerprint density at radius 3 is 2.32 bits per heavy atom. The summed E-state index contributed by atoms with van der Waals surface area (Å²) in [5.41, 5.74) is -0.670. The van der Waals surface area contributed by atoms with Crippen LogP contribution >= 0.6 is 0 Å². The molecule has 0 spiro atoms. The van der Waals surface area contributed by atoms with Gasteiger partial charge in [0.25, 0.3) is 0 Å². The van der Waals surface area contributed by atoms with Gasteiger partial charge in [0.15, 0.2) is 0 Å². The third kappa shape index (κ3) is 6.33. The number of esters is 1. The molecule has 5 aliphatic rings. The quantitative estimate of drug-likeness (QED) is 0.0898. The molecule has 6 rings (SSSR count). The van der Waals surface area contributed by atoms with E-state index in [-0.39, 0.29) is 52.0 Å². The molecule has 10 nitrogen and oxygen atoms in total. The number of anilines is 1. The lowest BCUT2D eigenvalue weighted by atomic mass is 9.33. The molecule has 53 heavy (non-hydrogen) atoms. The molecular formula is C43H55NO9. The van der Waals surface area contributed by atoms with E-state index in [4.69, 9.17) is 9.84 Å². The maximum atomic E-state index is 13.7. The number of rotatable bonds is 8. The first-order valence-electron chi connectivity index (χ1n) is 19.1. The Morgan fingerprint density at radius 1 is 0.906 bits per heavy atom. The minimum atomic E-state index is -1.28. The first kappa shape index (κ1) is 38.5. The lowest BCUT2D eigenvalue weighted by Crippen LogP contribution is -2.66. The summed E-state index contributed by atoms with van der Waals surface area (Å²) in [5, 5.41) is 32.5. The number of aliphatic carboxylic acids is 2. The van der Waals surface area contributed by atoms with E-state index < -0.39 is 40.1 Å². The highest BCUT2D eigenvalue weighted by Gasteiger charge is 2.71. The van der Waals surface area contributed by atoms with E-state index in [9.17, 15) is 34.2 Å². The standard InChI is InChI=1S/C43H55NO9/c1-38(2)19-20-42(37(51)52)21-22-43(25-53-36(50)14-7-26-23-27(45)8-10-30(26)44-34(47)12-13-35(48)49)28(29(42)24-38)9-11-32-40(5)17-16-33(46)39(3,4)31(40)15-18-41(32,43)6/h7-10,12-14,23,29,31-32,45H,11,15-22,24-25H2,1-6H3,(H,44,47)(H,48,49)(H,51,52)/b13-12+,14-7+/t29?,31?,32-,40+,41-,42+,43+/m1/s1. The fourth-order valence-electron chi connectivity index (χ4n) is 12.1. The van der Waals surface area contributed by atoms with Gasteiger partial charge in [-0.15, -0.1) is 0 Å². The van der Waals surface area contributed by atoms with E-state index in [0.29, 0.717) is 43.1 Å². The van der Waals surface area contributed by atoms with Crippen molar-refractivity contribution in [1.29, 1.82) is 0 Å². The third-order valence-corrected chi connectivity index (χ3v) is 15.0. The normalized spacial score (nSPS) is 35.6. The average Bonchev–Trinajstić information content (AvgIpc) is 3.08. The highest BCUT2D eigenvalue weighted by Crippen LogP contribution is 2.75. The second-order valence-electron chi connectivity index (χ2n) is 18.4. The van der Waals surface area contributed by atoms with Crippen LogP contribution < -0.4 is 5.32 Å². The average molecular weight is 730 g/mol. The number of hydrogen-bond donors (Lipinski definition) is 4. The van der Waals surface area contributed by atoms with Crippen LogP contribution in [0.4, 0.5) is 5.69 Å². The van der Waals surface area contributed by atoms with Gasteiger partial charge in [0.05, 0.1) is 5.41 Å². The number of carboxylic acids is 2. The maximum absolute atomic E-state index is 13.7. The highest BCUT2D eigenvalue weighted by atomic mass is 16.5. The molecule has 0 heterocycles. The number of Topliss-reactive ketones (excluding diaryl/α,β-unsaturated/α-hetero) is 1. The number of carboxylic acid groups (broad SMARTS) is 2. The fourth-order valence-corrected chi connectivity index (χ4v) is 12.1. The molecule has 7 atom stereocenters. The van der Waals surface area contributed by atoms with E-state index in [0.717, 1.165) is 50.2 Å². The van der Waals surface area contributed by atoms with Gasteiger partial charge in [0.2, 0.25) is 5.91 Å². The SMILES string of the molecule is CC1(C)CC[C@]2(C(=O)O)CC[C@]3(COC(=O)/C=C/c4cc(O)ccc4NC(=O)/C=C/C(=O)O)C(=CC[C@@H]4[C@@]5(C)CCC(=O)C(C)(C)C5CC[C@]43C)C2C1. The molecule has 10 heteroatoms. The van der Waals surface area contributed by atoms with Gasteiger partial charge in [-0.3, -0.25) is 14.4 Å². The third-order valence-electron chi connectivity index (χ3n) is 15.0. The van der Waals surface area contributed by atoms with E-state index in [1.54, 1.807) is 0 Å². The predicted octanol–water partition coefficient (Wildman–Crippen LogP) is 7.96. The van der Waals surface area contributed by atoms with Crippen LogP contribution in [0.25, 0.3) is 6.08 Å². The number of fused-ring (bicyclic) bond motifs is 7. The lowest BCUT2D eigenvalue weighted by Gasteiger charge is -2.70. The van der Waals surface area contributed by atoms with Gasteiger partial charge in [0, 0.05) is 46.7 Å². The van der Waals surface area contributed by atoms with Crippen molar-refractivity contribution < 1.29 is 44.0 Å². The number of carbonyl (C=O) groups excluding carboxylic acids is 3. The summed E-state index contributed by atoms with van der Waals surface area (Å²) in [4.78, 5) is 63.4. The topological polar surface area (TPSA) is 167 Å². The molecule has 4 saturated carbocycles. The Bertz CT molecular complexity index is 1820. The number of allylic oxidation sites excluding steroid dienone is 1. The van der Waals surface area contributed by atoms with Crippen molar-refractivity contribution in [2.24, 2.45) is 50.2 Å². The van der Waals surface area contributed by atoms with Gasteiger partial charge in [-0.05, 0) is 116 Å². The van der Waals surface area contributed by atoms with Crippen molar-refractivity contribution >= 4 is 41.4 Å². The van der Waals surface area contributed by atoms with Gasteiger partial charge in [-0.2, -0.15) is 0 Å². The molecule has 4 N–H and O–H groups in total. The molecule has 1 aromatic carbocycles. The minimum Gasteiger partial charge on any atom is -0.508 e. The van der Waals surface area contributed by atoms with Gasteiger partial charge in [-0.25, -0.2) is 9.59 Å². The van der Waals surface area contributed by atoms with Crippen LogP contribution in [0.2, 0.25) is 0 Å². The van der Waals surface area contributed by atoms with Crippen molar-refractivity contribution in [2.45, 2.75) is 106 Å². The summed E-state index contributed by atoms with van der Waals surface area (Å²) >= 11 is 0. The Labute approximate surface area is 312 Å². The molecule has 0 aliphatic heterocycles. The van der Waals surface area contributed by atoms with Crippen molar-refractivity contribution in [3.63, 3.8) is 0 Å². The Morgan fingerprint density at radius 2 is 1.62 bits per heavy atom.